The van der Waals surface area contributed by atoms with Gasteiger partial charge in [0, 0.05) is 13.2 Å². The molecule has 2 rings (SSSR count). The maximum atomic E-state index is 6.26. The van der Waals surface area contributed by atoms with Crippen LogP contribution < -0.4 is 10.1 Å². The van der Waals surface area contributed by atoms with Gasteiger partial charge in [0.1, 0.15) is 11.9 Å². The third-order valence-corrected chi connectivity index (χ3v) is 4.38. The molecule has 1 N–H and O–H groups in total. The number of rotatable bonds is 6. The van der Waals surface area contributed by atoms with Gasteiger partial charge >= 0.3 is 0 Å². The number of nitrogens with one attached hydrogen (secondary N) is 1. The molecule has 118 valence electrons. The van der Waals surface area contributed by atoms with E-state index >= 15 is 0 Å². The molecule has 3 nitrogen and oxygen atoms in total. The molecule has 21 heavy (non-hydrogen) atoms. The lowest BCUT2D eigenvalue weighted by Gasteiger charge is -2.29. The molecule has 1 aromatic carbocycles. The molecule has 1 aromatic rings. The maximum Gasteiger partial charge on any atom is 0.119 e. The van der Waals surface area contributed by atoms with E-state index in [4.69, 9.17) is 9.47 Å². The standard InChI is InChI=1S/C18H29NO2/c1-19-17-7-5-3-4-6-8-18(17)21-16-11-9-15(10-12-16)13-14-20-2/h9-12,17-19H,3-8,13-14H2,1-2H3. The highest BCUT2D eigenvalue weighted by atomic mass is 16.5. The molecule has 0 spiro atoms. The Morgan fingerprint density at radius 2 is 1.76 bits per heavy atom. The fourth-order valence-corrected chi connectivity index (χ4v) is 3.05. The lowest BCUT2D eigenvalue weighted by molar-refractivity contribution is 0.131. The van der Waals surface area contributed by atoms with Crippen LogP contribution in [0.15, 0.2) is 24.3 Å². The molecule has 2 atom stereocenters. The number of hydrogen-bond acceptors (Lipinski definition) is 3. The van der Waals surface area contributed by atoms with Crippen molar-refractivity contribution in [2.45, 2.75) is 57.1 Å². The summed E-state index contributed by atoms with van der Waals surface area (Å²) >= 11 is 0. The Bertz CT molecular complexity index is 391. The summed E-state index contributed by atoms with van der Waals surface area (Å²) in [5.41, 5.74) is 1.30. The van der Waals surface area contributed by atoms with E-state index in [-0.39, 0.29) is 0 Å². The van der Waals surface area contributed by atoms with Crippen LogP contribution in [-0.2, 0) is 11.2 Å². The second kappa shape index (κ2) is 9.06. The van der Waals surface area contributed by atoms with Crippen LogP contribution in [-0.4, -0.2) is 32.9 Å². The normalized spacial score (nSPS) is 23.3. The van der Waals surface area contributed by atoms with E-state index in [1.54, 1.807) is 7.11 Å². The third kappa shape index (κ3) is 5.33. The predicted molar refractivity (Wildman–Crippen MR) is 87.0 cm³/mol. The zero-order valence-corrected chi connectivity index (χ0v) is 13.4. The molecule has 1 aliphatic carbocycles. The van der Waals surface area contributed by atoms with Crippen molar-refractivity contribution in [3.05, 3.63) is 29.8 Å². The molecule has 0 aliphatic heterocycles. The Hall–Kier alpha value is -1.06. The highest BCUT2D eigenvalue weighted by Gasteiger charge is 2.22. The van der Waals surface area contributed by atoms with Crippen molar-refractivity contribution in [1.29, 1.82) is 0 Å². The van der Waals surface area contributed by atoms with Gasteiger partial charge in [0.2, 0.25) is 0 Å². The Kier molecular flexibility index (Phi) is 7.04. The zero-order chi connectivity index (χ0) is 14.9. The maximum absolute atomic E-state index is 6.26. The van der Waals surface area contributed by atoms with Gasteiger partial charge in [0.05, 0.1) is 6.61 Å². The topological polar surface area (TPSA) is 30.5 Å². The van der Waals surface area contributed by atoms with Gasteiger partial charge in [-0.05, 0) is 50.4 Å². The molecule has 0 amide bonds. The van der Waals surface area contributed by atoms with Gasteiger partial charge in [0.15, 0.2) is 0 Å². The van der Waals surface area contributed by atoms with Crippen LogP contribution in [0.25, 0.3) is 0 Å². The van der Waals surface area contributed by atoms with Crippen LogP contribution in [0.5, 0.6) is 5.75 Å². The number of hydrogen-bond donors (Lipinski definition) is 1. The molecule has 0 heterocycles. The second-order valence-electron chi connectivity index (χ2n) is 5.93. The summed E-state index contributed by atoms with van der Waals surface area (Å²) < 4.78 is 11.4. The van der Waals surface area contributed by atoms with Crippen LogP contribution in [0.4, 0.5) is 0 Å². The Balaban J connectivity index is 1.94. The predicted octanol–water partition coefficient (Wildman–Crippen LogP) is 3.57. The quantitative estimate of drug-likeness (QED) is 0.869. The molecular formula is C18H29NO2. The molecule has 1 fully saturated rings. The Morgan fingerprint density at radius 1 is 1.05 bits per heavy atom. The van der Waals surface area contributed by atoms with Gasteiger partial charge in [-0.25, -0.2) is 0 Å². The van der Waals surface area contributed by atoms with Crippen LogP contribution in [0.1, 0.15) is 44.1 Å². The average molecular weight is 291 g/mol. The number of ether oxygens (including phenoxy) is 2. The summed E-state index contributed by atoms with van der Waals surface area (Å²) in [5, 5.41) is 3.44. The summed E-state index contributed by atoms with van der Waals surface area (Å²) in [5.74, 6) is 0.988. The molecule has 1 aliphatic rings. The van der Waals surface area contributed by atoms with E-state index in [9.17, 15) is 0 Å². The first-order chi connectivity index (χ1) is 10.3. The van der Waals surface area contributed by atoms with Gasteiger partial charge in [-0.2, -0.15) is 0 Å². The van der Waals surface area contributed by atoms with Gasteiger partial charge in [-0.1, -0.05) is 31.4 Å². The third-order valence-electron chi connectivity index (χ3n) is 4.38. The summed E-state index contributed by atoms with van der Waals surface area (Å²) in [7, 11) is 3.79. The minimum atomic E-state index is 0.292. The highest BCUT2D eigenvalue weighted by Crippen LogP contribution is 2.23. The van der Waals surface area contributed by atoms with E-state index in [1.165, 1.54) is 37.7 Å². The fourth-order valence-electron chi connectivity index (χ4n) is 3.05. The summed E-state index contributed by atoms with van der Waals surface area (Å²) in [6.45, 7) is 0.769. The van der Waals surface area contributed by atoms with Crippen molar-refractivity contribution >= 4 is 0 Å². The number of benzene rings is 1. The van der Waals surface area contributed by atoms with Crippen LogP contribution in [0.3, 0.4) is 0 Å². The molecular weight excluding hydrogens is 262 g/mol. The first-order valence-corrected chi connectivity index (χ1v) is 8.25. The fraction of sp³-hybridized carbons (Fsp3) is 0.667. The molecule has 2 unspecified atom stereocenters. The smallest absolute Gasteiger partial charge is 0.119 e. The highest BCUT2D eigenvalue weighted by molar-refractivity contribution is 5.27. The average Bonchev–Trinajstić information content (AvgIpc) is 2.49. The summed E-state index contributed by atoms with van der Waals surface area (Å²) in [4.78, 5) is 0. The van der Waals surface area contributed by atoms with E-state index in [0.717, 1.165) is 25.2 Å². The number of methoxy groups -OCH3 is 1. The van der Waals surface area contributed by atoms with Crippen molar-refractivity contribution in [2.24, 2.45) is 0 Å². The molecule has 1 saturated carbocycles. The van der Waals surface area contributed by atoms with E-state index in [0.29, 0.717) is 12.1 Å². The van der Waals surface area contributed by atoms with Crippen molar-refractivity contribution in [1.82, 2.24) is 5.32 Å². The molecule has 0 radical (unpaired) electrons. The van der Waals surface area contributed by atoms with Crippen molar-refractivity contribution in [3.63, 3.8) is 0 Å². The van der Waals surface area contributed by atoms with Crippen molar-refractivity contribution < 1.29 is 9.47 Å². The number of likely N-dealkylation sites (N-methyl/N-ethyl adjacent to an activating group) is 1. The first kappa shape index (κ1) is 16.3. The minimum Gasteiger partial charge on any atom is -0.489 e. The van der Waals surface area contributed by atoms with E-state index in [2.05, 4.69) is 36.6 Å². The van der Waals surface area contributed by atoms with Crippen molar-refractivity contribution in [3.8, 4) is 5.75 Å². The summed E-state index contributed by atoms with van der Waals surface area (Å²) in [6, 6.07) is 8.95. The van der Waals surface area contributed by atoms with Gasteiger partial charge in [-0.15, -0.1) is 0 Å². The molecule has 0 bridgehead atoms. The van der Waals surface area contributed by atoms with Crippen LogP contribution in [0.2, 0.25) is 0 Å². The van der Waals surface area contributed by atoms with Crippen molar-refractivity contribution in [2.75, 3.05) is 20.8 Å². The largest absolute Gasteiger partial charge is 0.489 e. The lowest BCUT2D eigenvalue weighted by atomic mass is 9.94. The van der Waals surface area contributed by atoms with Gasteiger partial charge < -0.3 is 14.8 Å². The first-order valence-electron chi connectivity index (χ1n) is 8.25. The summed E-state index contributed by atoms with van der Waals surface area (Å²) in [6.07, 6.45) is 8.89. The van der Waals surface area contributed by atoms with Crippen LogP contribution >= 0.6 is 0 Å². The van der Waals surface area contributed by atoms with Gasteiger partial charge in [0.25, 0.3) is 0 Å². The Labute approximate surface area is 129 Å². The monoisotopic (exact) mass is 291 g/mol. The molecule has 0 saturated heterocycles. The lowest BCUT2D eigenvalue weighted by Crippen LogP contribution is -2.41. The van der Waals surface area contributed by atoms with E-state index in [1.807, 2.05) is 0 Å². The van der Waals surface area contributed by atoms with Gasteiger partial charge in [-0.3, -0.25) is 0 Å². The Morgan fingerprint density at radius 3 is 2.43 bits per heavy atom. The molecule has 0 aromatic heterocycles. The SMILES string of the molecule is CNC1CCCCCCC1Oc1ccc(CCOC)cc1. The molecule has 3 heteroatoms. The zero-order valence-electron chi connectivity index (χ0n) is 13.4. The van der Waals surface area contributed by atoms with E-state index < -0.39 is 0 Å². The second-order valence-corrected chi connectivity index (χ2v) is 5.93. The van der Waals surface area contributed by atoms with Crippen LogP contribution in [0, 0.1) is 0 Å². The minimum absolute atomic E-state index is 0.292.